The van der Waals surface area contributed by atoms with Gasteiger partial charge in [0.25, 0.3) is 5.91 Å². The van der Waals surface area contributed by atoms with Gasteiger partial charge in [-0.3, -0.25) is 34.6 Å². The molecule has 0 spiro atoms. The first-order valence-corrected chi connectivity index (χ1v) is 13.0. The normalized spacial score (nSPS) is 17.1. The second-order valence-electron chi connectivity index (χ2n) is 10.8. The molecular formula is C28H38N4O7. The van der Waals surface area contributed by atoms with E-state index in [2.05, 4.69) is 10.6 Å². The monoisotopic (exact) mass is 542 g/mol. The van der Waals surface area contributed by atoms with Crippen molar-refractivity contribution >= 4 is 34.4 Å². The quantitative estimate of drug-likeness (QED) is 0.116. The molecule has 5 N–H and O–H groups in total. The molecule has 1 aliphatic rings. The molecule has 11 heteroatoms. The van der Waals surface area contributed by atoms with Crippen LogP contribution < -0.4 is 16.1 Å². The Hall–Kier alpha value is -3.38. The molecule has 0 aliphatic carbocycles. The molecule has 4 amide bonds. The lowest BCUT2D eigenvalue weighted by atomic mass is 9.84. The SMILES string of the molecule is CNC(O)[C@@H](NC(=O)[C@H](Cc1ccc2ccccc2c1)[C@H](OCCN1C(=O)CCC1=O)C(=O)NO)C(C)(C)C. The van der Waals surface area contributed by atoms with Gasteiger partial charge in [-0.25, -0.2) is 5.48 Å². The number of hydroxylamine groups is 1. The molecule has 2 aromatic rings. The lowest BCUT2D eigenvalue weighted by Gasteiger charge is -2.36. The van der Waals surface area contributed by atoms with Crippen molar-refractivity contribution < 1.29 is 34.2 Å². The maximum absolute atomic E-state index is 13.8. The lowest BCUT2D eigenvalue weighted by molar-refractivity contribution is -0.153. The molecule has 0 saturated carbocycles. The number of likely N-dealkylation sites (N-methyl/N-ethyl adjacent to an activating group) is 1. The van der Waals surface area contributed by atoms with E-state index in [0.29, 0.717) is 0 Å². The van der Waals surface area contributed by atoms with Crippen molar-refractivity contribution in [1.82, 2.24) is 21.0 Å². The minimum Gasteiger partial charge on any atom is -0.376 e. The molecule has 11 nitrogen and oxygen atoms in total. The number of nitrogens with one attached hydrogen (secondary N) is 3. The summed E-state index contributed by atoms with van der Waals surface area (Å²) in [6.07, 6.45) is -2.22. The largest absolute Gasteiger partial charge is 0.376 e. The average Bonchev–Trinajstić information content (AvgIpc) is 3.23. The topological polar surface area (TPSA) is 157 Å². The number of ether oxygens (including phenoxy) is 1. The summed E-state index contributed by atoms with van der Waals surface area (Å²) in [6.45, 7) is 5.28. The van der Waals surface area contributed by atoms with Gasteiger partial charge in [-0.2, -0.15) is 0 Å². The predicted octanol–water partition coefficient (Wildman–Crippen LogP) is 1.11. The van der Waals surface area contributed by atoms with Crippen LogP contribution in [0.2, 0.25) is 0 Å². The van der Waals surface area contributed by atoms with Crippen molar-refractivity contribution in [3.63, 3.8) is 0 Å². The number of imide groups is 1. The van der Waals surface area contributed by atoms with Gasteiger partial charge in [-0.15, -0.1) is 0 Å². The molecule has 3 rings (SSSR count). The van der Waals surface area contributed by atoms with Crippen molar-refractivity contribution in [2.24, 2.45) is 11.3 Å². The number of carbonyl (C=O) groups is 4. The van der Waals surface area contributed by atoms with Gasteiger partial charge in [-0.1, -0.05) is 63.2 Å². The van der Waals surface area contributed by atoms with Gasteiger partial charge < -0.3 is 15.2 Å². The van der Waals surface area contributed by atoms with Crippen molar-refractivity contribution in [2.45, 2.75) is 58.4 Å². The summed E-state index contributed by atoms with van der Waals surface area (Å²) in [5.74, 6) is -3.30. The third kappa shape index (κ3) is 7.60. The number of hydrogen-bond acceptors (Lipinski definition) is 8. The van der Waals surface area contributed by atoms with E-state index in [-0.39, 0.29) is 44.2 Å². The van der Waals surface area contributed by atoms with Crippen molar-refractivity contribution in [1.29, 1.82) is 0 Å². The number of amides is 4. The summed E-state index contributed by atoms with van der Waals surface area (Å²) >= 11 is 0. The second kappa shape index (κ2) is 13.1. The Labute approximate surface area is 227 Å². The summed E-state index contributed by atoms with van der Waals surface area (Å²) < 4.78 is 5.79. The highest BCUT2D eigenvalue weighted by Crippen LogP contribution is 2.25. The van der Waals surface area contributed by atoms with Crippen LogP contribution in [0.1, 0.15) is 39.2 Å². The lowest BCUT2D eigenvalue weighted by Crippen LogP contribution is -2.58. The van der Waals surface area contributed by atoms with Crippen LogP contribution in [-0.4, -0.2) is 77.4 Å². The number of rotatable bonds is 12. The summed E-state index contributed by atoms with van der Waals surface area (Å²) in [5, 5.41) is 27.6. The first-order chi connectivity index (χ1) is 18.5. The van der Waals surface area contributed by atoms with E-state index in [4.69, 9.17) is 4.74 Å². The maximum Gasteiger partial charge on any atom is 0.273 e. The van der Waals surface area contributed by atoms with Gasteiger partial charge in [0.1, 0.15) is 12.3 Å². The van der Waals surface area contributed by atoms with Crippen LogP contribution in [0.5, 0.6) is 0 Å². The molecule has 1 fully saturated rings. The van der Waals surface area contributed by atoms with Crippen LogP contribution >= 0.6 is 0 Å². The number of hydrogen-bond donors (Lipinski definition) is 5. The van der Waals surface area contributed by atoms with Crippen LogP contribution in [0.3, 0.4) is 0 Å². The highest BCUT2D eigenvalue weighted by Gasteiger charge is 2.39. The summed E-state index contributed by atoms with van der Waals surface area (Å²) in [5.41, 5.74) is 1.77. The molecular weight excluding hydrogens is 504 g/mol. The molecule has 1 unspecified atom stereocenters. The van der Waals surface area contributed by atoms with E-state index >= 15 is 0 Å². The Kier molecular flexibility index (Phi) is 10.1. The molecule has 1 saturated heterocycles. The zero-order valence-corrected chi connectivity index (χ0v) is 22.8. The number of aliphatic hydroxyl groups excluding tert-OH is 1. The zero-order valence-electron chi connectivity index (χ0n) is 22.8. The third-order valence-electron chi connectivity index (χ3n) is 6.95. The predicted molar refractivity (Wildman–Crippen MR) is 143 cm³/mol. The van der Waals surface area contributed by atoms with Crippen LogP contribution in [0, 0.1) is 11.3 Å². The first kappa shape index (κ1) is 30.2. The van der Waals surface area contributed by atoms with Crippen LogP contribution in [0.15, 0.2) is 42.5 Å². The van der Waals surface area contributed by atoms with Gasteiger partial charge in [0, 0.05) is 12.8 Å². The molecule has 0 bridgehead atoms. The third-order valence-corrected chi connectivity index (χ3v) is 6.95. The van der Waals surface area contributed by atoms with Gasteiger partial charge in [0.15, 0.2) is 0 Å². The minimum atomic E-state index is -1.46. The molecule has 1 heterocycles. The fourth-order valence-electron chi connectivity index (χ4n) is 4.73. The summed E-state index contributed by atoms with van der Waals surface area (Å²) in [4.78, 5) is 51.6. The number of benzene rings is 2. The smallest absolute Gasteiger partial charge is 0.273 e. The van der Waals surface area contributed by atoms with E-state index in [1.807, 2.05) is 63.2 Å². The van der Waals surface area contributed by atoms with E-state index in [1.54, 1.807) is 12.5 Å². The zero-order chi connectivity index (χ0) is 28.7. The molecule has 39 heavy (non-hydrogen) atoms. The average molecular weight is 543 g/mol. The minimum absolute atomic E-state index is 0.0723. The molecule has 0 aromatic heterocycles. The highest BCUT2D eigenvalue weighted by atomic mass is 16.5. The summed E-state index contributed by atoms with van der Waals surface area (Å²) in [6, 6.07) is 12.7. The van der Waals surface area contributed by atoms with Crippen LogP contribution in [-0.2, 0) is 30.3 Å². The number of carbonyl (C=O) groups excluding carboxylic acids is 4. The summed E-state index contributed by atoms with van der Waals surface area (Å²) in [7, 11) is 1.56. The second-order valence-corrected chi connectivity index (χ2v) is 10.8. The number of nitrogens with zero attached hydrogens (tertiary/aromatic N) is 1. The first-order valence-electron chi connectivity index (χ1n) is 13.0. The Balaban J connectivity index is 1.91. The van der Waals surface area contributed by atoms with Gasteiger partial charge in [0.2, 0.25) is 17.7 Å². The van der Waals surface area contributed by atoms with E-state index in [9.17, 15) is 29.5 Å². The highest BCUT2D eigenvalue weighted by molar-refractivity contribution is 6.01. The molecule has 4 atom stereocenters. The maximum atomic E-state index is 13.8. The number of aliphatic hydroxyl groups is 1. The molecule has 212 valence electrons. The molecule has 0 radical (unpaired) electrons. The fraction of sp³-hybridized carbons (Fsp3) is 0.500. The molecule has 2 aromatic carbocycles. The van der Waals surface area contributed by atoms with Crippen LogP contribution in [0.4, 0.5) is 0 Å². The van der Waals surface area contributed by atoms with Crippen molar-refractivity contribution in [3.05, 3.63) is 48.0 Å². The van der Waals surface area contributed by atoms with Crippen molar-refractivity contribution in [3.8, 4) is 0 Å². The Morgan fingerprint density at radius 2 is 1.67 bits per heavy atom. The van der Waals surface area contributed by atoms with Gasteiger partial charge in [-0.05, 0) is 35.2 Å². The van der Waals surface area contributed by atoms with Crippen LogP contribution in [0.25, 0.3) is 10.8 Å². The number of fused-ring (bicyclic) bond motifs is 1. The molecule has 1 aliphatic heterocycles. The Morgan fingerprint density at radius 3 is 2.26 bits per heavy atom. The fourth-order valence-corrected chi connectivity index (χ4v) is 4.73. The van der Waals surface area contributed by atoms with E-state index in [0.717, 1.165) is 21.2 Å². The van der Waals surface area contributed by atoms with Gasteiger partial charge in [0.05, 0.1) is 25.1 Å². The standard InChI is InChI=1S/C28H38N4O7/c1-28(2,3)24(27(37)29-4)30-25(35)20(16-17-9-10-18-7-5-6-8-19(18)15-17)23(26(36)31-38)39-14-13-32-21(33)11-12-22(32)34/h5-10,15,20,23-24,27,29,37-38H,11-14,16H2,1-4H3,(H,30,35)(H,31,36)/t20-,23+,24-,27?/m1/s1. The van der Waals surface area contributed by atoms with E-state index in [1.165, 1.54) is 0 Å². The van der Waals surface area contributed by atoms with Crippen molar-refractivity contribution in [2.75, 3.05) is 20.2 Å². The Morgan fingerprint density at radius 1 is 1.03 bits per heavy atom. The number of likely N-dealkylation sites (tertiary alicyclic amines) is 1. The Bertz CT molecular complexity index is 1180. The van der Waals surface area contributed by atoms with Gasteiger partial charge >= 0.3 is 0 Å². The van der Waals surface area contributed by atoms with E-state index < -0.39 is 41.5 Å².